The van der Waals surface area contributed by atoms with Crippen molar-refractivity contribution in [3.05, 3.63) is 51.5 Å². The van der Waals surface area contributed by atoms with Crippen LogP contribution in [0.2, 0.25) is 10.0 Å². The number of nitrogens with one attached hydrogen (secondary N) is 3. The number of rotatable bonds is 8. The van der Waals surface area contributed by atoms with Crippen LogP contribution in [0.25, 0.3) is 0 Å². The third-order valence-corrected chi connectivity index (χ3v) is 4.60. The van der Waals surface area contributed by atoms with Crippen molar-refractivity contribution in [1.29, 1.82) is 0 Å². The van der Waals surface area contributed by atoms with Crippen LogP contribution in [-0.4, -0.2) is 32.0 Å². The number of carbonyl (C=O) groups excluding carboxylic acids is 2. The molecule has 0 aromatic heterocycles. The zero-order valence-electron chi connectivity index (χ0n) is 16.0. The Bertz CT molecular complexity index is 872. The van der Waals surface area contributed by atoms with Gasteiger partial charge in [-0.3, -0.25) is 9.59 Å². The molecule has 2 amide bonds. The molecule has 28 heavy (non-hydrogen) atoms. The maximum atomic E-state index is 12.4. The lowest BCUT2D eigenvalue weighted by Crippen LogP contribution is -2.27. The molecular formula is C20H23Cl2N3O3. The van der Waals surface area contributed by atoms with Crippen molar-refractivity contribution in [3.8, 4) is 5.75 Å². The molecule has 0 heterocycles. The molecule has 0 aliphatic rings. The van der Waals surface area contributed by atoms with E-state index in [0.717, 1.165) is 12.0 Å². The van der Waals surface area contributed by atoms with E-state index < -0.39 is 0 Å². The highest BCUT2D eigenvalue weighted by Gasteiger charge is 2.14. The first-order valence-electron chi connectivity index (χ1n) is 8.81. The number of hydrogen-bond acceptors (Lipinski definition) is 4. The summed E-state index contributed by atoms with van der Waals surface area (Å²) in [6.07, 6.45) is 0.826. The Morgan fingerprint density at radius 2 is 1.86 bits per heavy atom. The average Bonchev–Trinajstić information content (AvgIpc) is 2.67. The van der Waals surface area contributed by atoms with Crippen molar-refractivity contribution in [1.82, 2.24) is 5.32 Å². The lowest BCUT2D eigenvalue weighted by Gasteiger charge is -2.14. The minimum Gasteiger partial charge on any atom is -0.495 e. The first-order valence-corrected chi connectivity index (χ1v) is 9.57. The van der Waals surface area contributed by atoms with Crippen LogP contribution in [0.3, 0.4) is 0 Å². The third-order valence-electron chi connectivity index (χ3n) is 3.96. The van der Waals surface area contributed by atoms with E-state index in [1.165, 1.54) is 7.11 Å². The zero-order chi connectivity index (χ0) is 20.7. The molecule has 150 valence electrons. The number of aryl methyl sites for hydroxylation is 1. The molecule has 0 unspecified atom stereocenters. The Hall–Kier alpha value is -2.44. The fourth-order valence-electron chi connectivity index (χ4n) is 2.49. The molecule has 2 aromatic rings. The molecule has 0 bridgehead atoms. The minimum absolute atomic E-state index is 0.0563. The summed E-state index contributed by atoms with van der Waals surface area (Å²) in [7, 11) is 1.50. The molecule has 3 N–H and O–H groups in total. The number of carbonyl (C=O) groups is 2. The van der Waals surface area contributed by atoms with Crippen LogP contribution >= 0.6 is 23.2 Å². The zero-order valence-corrected chi connectivity index (χ0v) is 17.5. The van der Waals surface area contributed by atoms with E-state index in [9.17, 15) is 9.59 Å². The Morgan fingerprint density at radius 3 is 2.54 bits per heavy atom. The van der Waals surface area contributed by atoms with E-state index in [0.29, 0.717) is 39.3 Å². The summed E-state index contributed by atoms with van der Waals surface area (Å²) in [6.45, 7) is 4.32. The van der Waals surface area contributed by atoms with E-state index in [2.05, 4.69) is 16.0 Å². The predicted octanol–water partition coefficient (Wildman–Crippen LogP) is 4.50. The maximum Gasteiger partial charge on any atom is 0.253 e. The second-order valence-electron chi connectivity index (χ2n) is 6.15. The maximum absolute atomic E-state index is 12.4. The largest absolute Gasteiger partial charge is 0.495 e. The summed E-state index contributed by atoms with van der Waals surface area (Å²) in [6, 6.07) is 8.26. The monoisotopic (exact) mass is 423 g/mol. The summed E-state index contributed by atoms with van der Waals surface area (Å²) in [5.74, 6) is -0.0670. The highest BCUT2D eigenvalue weighted by atomic mass is 35.5. The van der Waals surface area contributed by atoms with E-state index in [1.54, 1.807) is 30.3 Å². The predicted molar refractivity (Wildman–Crippen MR) is 114 cm³/mol. The first kappa shape index (κ1) is 21.9. The second-order valence-corrected chi connectivity index (χ2v) is 6.99. The molecule has 6 nitrogen and oxygen atoms in total. The van der Waals surface area contributed by atoms with Gasteiger partial charge in [0, 0.05) is 28.3 Å². The van der Waals surface area contributed by atoms with E-state index in [1.807, 2.05) is 13.8 Å². The third kappa shape index (κ3) is 5.78. The van der Waals surface area contributed by atoms with E-state index in [-0.39, 0.29) is 18.4 Å². The van der Waals surface area contributed by atoms with Crippen molar-refractivity contribution in [2.75, 3.05) is 30.8 Å². The average molecular weight is 424 g/mol. The number of ether oxygens (including phenoxy) is 1. The van der Waals surface area contributed by atoms with Crippen LogP contribution < -0.4 is 20.7 Å². The van der Waals surface area contributed by atoms with Gasteiger partial charge in [0.05, 0.1) is 24.9 Å². The topological polar surface area (TPSA) is 79.5 Å². The van der Waals surface area contributed by atoms with E-state index >= 15 is 0 Å². The van der Waals surface area contributed by atoms with Crippen LogP contribution in [-0.2, 0) is 4.79 Å². The number of amides is 2. The molecule has 0 saturated heterocycles. The molecule has 0 radical (unpaired) electrons. The molecule has 2 rings (SSSR count). The summed E-state index contributed by atoms with van der Waals surface area (Å²) in [4.78, 5) is 24.7. The van der Waals surface area contributed by atoms with Gasteiger partial charge in [-0.1, -0.05) is 30.1 Å². The second kappa shape index (κ2) is 10.2. The van der Waals surface area contributed by atoms with Gasteiger partial charge in [-0.25, -0.2) is 0 Å². The van der Waals surface area contributed by atoms with Gasteiger partial charge in [0.1, 0.15) is 5.75 Å². The van der Waals surface area contributed by atoms with Crippen LogP contribution in [0, 0.1) is 6.92 Å². The van der Waals surface area contributed by atoms with Gasteiger partial charge in [-0.2, -0.15) is 0 Å². The van der Waals surface area contributed by atoms with Gasteiger partial charge in [0.15, 0.2) is 0 Å². The van der Waals surface area contributed by atoms with Crippen LogP contribution in [0.15, 0.2) is 30.3 Å². The number of benzene rings is 2. The van der Waals surface area contributed by atoms with Gasteiger partial charge < -0.3 is 20.7 Å². The van der Waals surface area contributed by atoms with Crippen LogP contribution in [0.1, 0.15) is 29.3 Å². The van der Waals surface area contributed by atoms with Crippen LogP contribution in [0.4, 0.5) is 11.4 Å². The Morgan fingerprint density at radius 1 is 1.11 bits per heavy atom. The summed E-state index contributed by atoms with van der Waals surface area (Å²) in [5, 5.41) is 9.57. The quantitative estimate of drug-likeness (QED) is 0.583. The van der Waals surface area contributed by atoms with Gasteiger partial charge in [0.25, 0.3) is 5.91 Å². The van der Waals surface area contributed by atoms with Crippen LogP contribution in [0.5, 0.6) is 5.75 Å². The van der Waals surface area contributed by atoms with Crippen molar-refractivity contribution >= 4 is 46.4 Å². The van der Waals surface area contributed by atoms with Gasteiger partial charge >= 0.3 is 0 Å². The fraction of sp³-hybridized carbons (Fsp3) is 0.300. The number of hydrogen-bond donors (Lipinski definition) is 3. The summed E-state index contributed by atoms with van der Waals surface area (Å²) in [5.41, 5.74) is 2.24. The first-order chi connectivity index (χ1) is 13.3. The van der Waals surface area contributed by atoms with Gasteiger partial charge in [-0.15, -0.1) is 0 Å². The van der Waals surface area contributed by atoms with Crippen molar-refractivity contribution in [2.45, 2.75) is 20.3 Å². The molecule has 2 aromatic carbocycles. The fourth-order valence-corrected chi connectivity index (χ4v) is 2.82. The van der Waals surface area contributed by atoms with Crippen molar-refractivity contribution in [3.63, 3.8) is 0 Å². The lowest BCUT2D eigenvalue weighted by atomic mass is 10.1. The normalized spacial score (nSPS) is 10.3. The number of halogens is 2. The van der Waals surface area contributed by atoms with Crippen molar-refractivity contribution < 1.29 is 14.3 Å². The highest BCUT2D eigenvalue weighted by Crippen LogP contribution is 2.31. The van der Waals surface area contributed by atoms with Crippen molar-refractivity contribution in [2.24, 2.45) is 0 Å². The van der Waals surface area contributed by atoms with E-state index in [4.69, 9.17) is 27.9 Å². The number of methoxy groups -OCH3 is 1. The Balaban J connectivity index is 2.10. The van der Waals surface area contributed by atoms with Gasteiger partial charge in [-0.05, 0) is 43.2 Å². The molecule has 0 atom stereocenters. The number of anilines is 2. The molecule has 0 aliphatic carbocycles. The Labute approximate surface area is 174 Å². The summed E-state index contributed by atoms with van der Waals surface area (Å²) >= 11 is 12.1. The molecular weight excluding hydrogens is 401 g/mol. The lowest BCUT2D eigenvalue weighted by molar-refractivity contribution is -0.114. The molecule has 0 fully saturated rings. The SMILES string of the molecule is CCCNC(=O)c1ccc(Cl)cc1NCC(=O)Nc1cc(C)c(Cl)cc1OC. The Kier molecular flexibility index (Phi) is 7.96. The molecule has 8 heteroatoms. The summed E-state index contributed by atoms with van der Waals surface area (Å²) < 4.78 is 5.26. The highest BCUT2D eigenvalue weighted by molar-refractivity contribution is 6.31. The molecule has 0 spiro atoms. The smallest absolute Gasteiger partial charge is 0.253 e. The minimum atomic E-state index is -0.306. The standard InChI is InChI=1S/C20H23Cl2N3O3/c1-4-7-23-20(27)14-6-5-13(21)9-16(14)24-11-19(26)25-17-8-12(2)15(22)10-18(17)28-3/h5-6,8-10,24H,4,7,11H2,1-3H3,(H,23,27)(H,25,26). The molecule has 0 aliphatic heterocycles. The van der Waals surface area contributed by atoms with Gasteiger partial charge in [0.2, 0.25) is 5.91 Å². The molecule has 0 saturated carbocycles.